The van der Waals surface area contributed by atoms with Crippen molar-refractivity contribution in [3.63, 3.8) is 0 Å². The summed E-state index contributed by atoms with van der Waals surface area (Å²) in [5, 5.41) is 5.31. The van der Waals surface area contributed by atoms with Gasteiger partial charge in [-0.05, 0) is 42.5 Å². The SMILES string of the molecule is O=C(Nc1cc(Br)cc2c1C(c1cc(F)ccc1Cl)NC2=O)c1ccc(C(F)(F)F)o1. The molecule has 3 aromatic rings. The number of halogens is 6. The molecule has 2 amide bonds. The number of nitrogens with one attached hydrogen (secondary N) is 2. The van der Waals surface area contributed by atoms with Gasteiger partial charge in [-0.1, -0.05) is 27.5 Å². The summed E-state index contributed by atoms with van der Waals surface area (Å²) in [6, 6.07) is 7.24. The van der Waals surface area contributed by atoms with Gasteiger partial charge in [-0.2, -0.15) is 13.2 Å². The first-order valence-corrected chi connectivity index (χ1v) is 9.79. The topological polar surface area (TPSA) is 71.3 Å². The Morgan fingerprint density at radius 3 is 2.58 bits per heavy atom. The van der Waals surface area contributed by atoms with Gasteiger partial charge in [0.1, 0.15) is 5.82 Å². The molecule has 0 bridgehead atoms. The van der Waals surface area contributed by atoms with Crippen LogP contribution in [0.1, 0.15) is 43.8 Å². The molecule has 0 saturated heterocycles. The van der Waals surface area contributed by atoms with Crippen LogP contribution in [0.3, 0.4) is 0 Å². The van der Waals surface area contributed by atoms with Crippen LogP contribution < -0.4 is 10.6 Å². The van der Waals surface area contributed by atoms with Crippen LogP contribution in [0.25, 0.3) is 0 Å². The number of carbonyl (C=O) groups is 2. The second kappa shape index (κ2) is 7.69. The van der Waals surface area contributed by atoms with E-state index in [-0.39, 0.29) is 27.4 Å². The summed E-state index contributed by atoms with van der Waals surface area (Å²) < 4.78 is 57.1. The Balaban J connectivity index is 1.76. The summed E-state index contributed by atoms with van der Waals surface area (Å²) in [7, 11) is 0. The fourth-order valence-electron chi connectivity index (χ4n) is 3.27. The van der Waals surface area contributed by atoms with Crippen LogP contribution in [0.15, 0.2) is 51.4 Å². The fraction of sp³-hybridized carbons (Fsp3) is 0.100. The Morgan fingerprint density at radius 2 is 1.90 bits per heavy atom. The summed E-state index contributed by atoms with van der Waals surface area (Å²) >= 11 is 9.42. The fourth-order valence-corrected chi connectivity index (χ4v) is 3.95. The average molecular weight is 518 g/mol. The lowest BCUT2D eigenvalue weighted by Gasteiger charge is -2.18. The van der Waals surface area contributed by atoms with Crippen molar-refractivity contribution in [3.8, 4) is 0 Å². The van der Waals surface area contributed by atoms with E-state index in [0.29, 0.717) is 10.5 Å². The van der Waals surface area contributed by atoms with E-state index in [1.807, 2.05) is 0 Å². The maximum absolute atomic E-state index is 13.8. The lowest BCUT2D eigenvalue weighted by atomic mass is 9.96. The van der Waals surface area contributed by atoms with Crippen LogP contribution in [0.2, 0.25) is 5.02 Å². The first-order chi connectivity index (χ1) is 14.5. The van der Waals surface area contributed by atoms with Gasteiger partial charge in [0.2, 0.25) is 5.76 Å². The van der Waals surface area contributed by atoms with Crippen molar-refractivity contribution in [1.82, 2.24) is 5.32 Å². The van der Waals surface area contributed by atoms with Gasteiger partial charge in [0.05, 0.1) is 6.04 Å². The molecule has 1 aliphatic heterocycles. The van der Waals surface area contributed by atoms with Gasteiger partial charge in [0, 0.05) is 31.9 Å². The molecule has 2 N–H and O–H groups in total. The molecule has 31 heavy (non-hydrogen) atoms. The van der Waals surface area contributed by atoms with Crippen LogP contribution in [0.4, 0.5) is 23.2 Å². The third-order valence-corrected chi connectivity index (χ3v) is 5.38. The second-order valence-corrected chi connectivity index (χ2v) is 7.93. The van der Waals surface area contributed by atoms with Crippen LogP contribution >= 0.6 is 27.5 Å². The first kappa shape index (κ1) is 21.4. The summed E-state index contributed by atoms with van der Waals surface area (Å²) in [5.41, 5.74) is 0.842. The molecule has 1 aromatic heterocycles. The van der Waals surface area contributed by atoms with E-state index < -0.39 is 41.4 Å². The minimum absolute atomic E-state index is 0.114. The maximum Gasteiger partial charge on any atom is 0.449 e. The van der Waals surface area contributed by atoms with E-state index in [9.17, 15) is 27.2 Å². The van der Waals surface area contributed by atoms with Gasteiger partial charge in [0.25, 0.3) is 11.8 Å². The predicted molar refractivity (Wildman–Crippen MR) is 107 cm³/mol. The number of rotatable bonds is 3. The summed E-state index contributed by atoms with van der Waals surface area (Å²) in [6.07, 6.45) is -4.74. The highest BCUT2D eigenvalue weighted by Gasteiger charge is 2.37. The van der Waals surface area contributed by atoms with Crippen molar-refractivity contribution >= 4 is 45.0 Å². The highest BCUT2D eigenvalue weighted by Crippen LogP contribution is 2.41. The van der Waals surface area contributed by atoms with E-state index in [1.54, 1.807) is 0 Å². The van der Waals surface area contributed by atoms with Crippen molar-refractivity contribution in [2.24, 2.45) is 0 Å². The highest BCUT2D eigenvalue weighted by molar-refractivity contribution is 9.10. The lowest BCUT2D eigenvalue weighted by Crippen LogP contribution is -2.21. The number of amides is 2. The molecule has 5 nitrogen and oxygen atoms in total. The zero-order valence-electron chi connectivity index (χ0n) is 15.1. The number of hydrogen-bond donors (Lipinski definition) is 2. The molecule has 1 atom stereocenters. The molecular formula is C20H10BrClF4N2O3. The molecule has 1 aliphatic rings. The van der Waals surface area contributed by atoms with E-state index in [1.165, 1.54) is 18.2 Å². The molecule has 0 spiro atoms. The number of alkyl halides is 3. The van der Waals surface area contributed by atoms with Gasteiger partial charge in [-0.3, -0.25) is 9.59 Å². The largest absolute Gasteiger partial charge is 0.449 e. The minimum Gasteiger partial charge on any atom is -0.446 e. The average Bonchev–Trinajstić information content (AvgIpc) is 3.29. The molecule has 2 heterocycles. The molecule has 1 unspecified atom stereocenters. The van der Waals surface area contributed by atoms with Crippen molar-refractivity contribution in [2.45, 2.75) is 12.2 Å². The smallest absolute Gasteiger partial charge is 0.446 e. The zero-order valence-corrected chi connectivity index (χ0v) is 17.5. The standard InChI is InChI=1S/C20H10BrClF4N2O3/c21-8-5-11-16(17(28-18(11)29)10-7-9(23)1-2-12(10)22)13(6-8)27-19(30)14-3-4-15(31-14)20(24,25)26/h1-7,17H,(H,27,30)(H,28,29). The number of furan rings is 1. The Bertz CT molecular complexity index is 1230. The van der Waals surface area contributed by atoms with Crippen molar-refractivity contribution in [1.29, 1.82) is 0 Å². The molecular weight excluding hydrogens is 508 g/mol. The molecule has 0 saturated carbocycles. The Morgan fingerprint density at radius 1 is 1.16 bits per heavy atom. The summed E-state index contributed by atoms with van der Waals surface area (Å²) in [4.78, 5) is 25.0. The number of fused-ring (bicyclic) bond motifs is 1. The third-order valence-electron chi connectivity index (χ3n) is 4.58. The molecule has 11 heteroatoms. The van der Waals surface area contributed by atoms with Gasteiger partial charge in [0.15, 0.2) is 5.76 Å². The quantitative estimate of drug-likeness (QED) is 0.423. The number of benzene rings is 2. The Labute approximate surface area is 185 Å². The van der Waals surface area contributed by atoms with E-state index in [2.05, 4.69) is 31.0 Å². The second-order valence-electron chi connectivity index (χ2n) is 6.60. The molecule has 0 radical (unpaired) electrons. The van der Waals surface area contributed by atoms with Crippen LogP contribution in [0.5, 0.6) is 0 Å². The monoisotopic (exact) mass is 516 g/mol. The third kappa shape index (κ3) is 4.05. The number of hydrogen-bond acceptors (Lipinski definition) is 3. The van der Waals surface area contributed by atoms with Crippen LogP contribution in [0, 0.1) is 5.82 Å². The normalized spacial score (nSPS) is 15.5. The minimum atomic E-state index is -4.74. The summed E-state index contributed by atoms with van der Waals surface area (Å²) in [5.74, 6) is -3.93. The highest BCUT2D eigenvalue weighted by atomic mass is 79.9. The number of anilines is 1. The molecule has 4 rings (SSSR count). The zero-order chi connectivity index (χ0) is 22.5. The van der Waals surface area contributed by atoms with Gasteiger partial charge in [-0.25, -0.2) is 4.39 Å². The van der Waals surface area contributed by atoms with E-state index in [4.69, 9.17) is 11.6 Å². The number of carbonyl (C=O) groups excluding carboxylic acids is 2. The van der Waals surface area contributed by atoms with Crippen LogP contribution in [-0.2, 0) is 6.18 Å². The maximum atomic E-state index is 13.8. The lowest BCUT2D eigenvalue weighted by molar-refractivity contribution is -0.153. The first-order valence-electron chi connectivity index (χ1n) is 8.62. The summed E-state index contributed by atoms with van der Waals surface area (Å²) in [6.45, 7) is 0. The van der Waals surface area contributed by atoms with E-state index >= 15 is 0 Å². The van der Waals surface area contributed by atoms with Gasteiger partial charge in [-0.15, -0.1) is 0 Å². The van der Waals surface area contributed by atoms with Gasteiger partial charge < -0.3 is 15.1 Å². The van der Waals surface area contributed by atoms with Crippen molar-refractivity contribution in [2.75, 3.05) is 5.32 Å². The molecule has 160 valence electrons. The molecule has 0 aliphatic carbocycles. The molecule has 2 aromatic carbocycles. The van der Waals surface area contributed by atoms with Crippen LogP contribution in [-0.4, -0.2) is 11.8 Å². The Hall–Kier alpha value is -2.85. The van der Waals surface area contributed by atoms with Gasteiger partial charge >= 0.3 is 6.18 Å². The van der Waals surface area contributed by atoms with E-state index in [0.717, 1.165) is 18.2 Å². The van der Waals surface area contributed by atoms with Crippen molar-refractivity contribution < 1.29 is 31.6 Å². The van der Waals surface area contributed by atoms with Crippen molar-refractivity contribution in [3.05, 3.63) is 86.0 Å². The predicted octanol–water partition coefficient (Wildman–Crippen LogP) is 5.94. The molecule has 0 fully saturated rings. The Kier molecular flexibility index (Phi) is 5.30.